The van der Waals surface area contributed by atoms with Crippen LogP contribution < -0.4 is 0 Å². The summed E-state index contributed by atoms with van der Waals surface area (Å²) < 4.78 is 0. The summed E-state index contributed by atoms with van der Waals surface area (Å²) in [5.74, 6) is -0.244. The number of carbonyl (C=O) groups is 2. The van der Waals surface area contributed by atoms with Gasteiger partial charge in [-0.2, -0.15) is 0 Å². The van der Waals surface area contributed by atoms with Crippen molar-refractivity contribution in [1.82, 2.24) is 14.8 Å². The van der Waals surface area contributed by atoms with E-state index in [1.54, 1.807) is 52.5 Å². The Hall–Kier alpha value is -2.11. The normalized spacial score (nSPS) is 14.6. The van der Waals surface area contributed by atoms with Crippen molar-refractivity contribution in [2.45, 2.75) is 0 Å². The Morgan fingerprint density at radius 3 is 2.21 bits per heavy atom. The first-order valence-corrected chi connectivity index (χ1v) is 8.26. The van der Waals surface area contributed by atoms with E-state index in [4.69, 9.17) is 23.2 Å². The lowest BCUT2D eigenvalue weighted by molar-refractivity contribution is 0.0535. The Kier molecular flexibility index (Phi) is 5.02. The number of nitrogens with zero attached hydrogens (tertiary/aromatic N) is 3. The van der Waals surface area contributed by atoms with E-state index in [-0.39, 0.29) is 16.8 Å². The molecule has 0 N–H and O–H groups in total. The smallest absolute Gasteiger partial charge is 0.255 e. The summed E-state index contributed by atoms with van der Waals surface area (Å²) in [7, 11) is 0. The molecule has 0 unspecified atom stereocenters. The molecular formula is C17H15Cl2N3O2. The van der Waals surface area contributed by atoms with E-state index in [1.165, 1.54) is 0 Å². The molecule has 1 aliphatic rings. The minimum Gasteiger partial charge on any atom is -0.335 e. The van der Waals surface area contributed by atoms with Crippen LogP contribution in [-0.2, 0) is 0 Å². The first-order valence-electron chi connectivity index (χ1n) is 7.50. The summed E-state index contributed by atoms with van der Waals surface area (Å²) in [4.78, 5) is 32.3. The Morgan fingerprint density at radius 2 is 1.58 bits per heavy atom. The largest absolute Gasteiger partial charge is 0.335 e. The minimum atomic E-state index is -0.170. The number of halogens is 2. The van der Waals surface area contributed by atoms with E-state index >= 15 is 0 Å². The van der Waals surface area contributed by atoms with Gasteiger partial charge in [0.15, 0.2) is 0 Å². The van der Waals surface area contributed by atoms with Crippen molar-refractivity contribution in [2.24, 2.45) is 0 Å². The number of piperazine rings is 1. The zero-order chi connectivity index (χ0) is 17.1. The number of amides is 2. The molecule has 5 nitrogen and oxygen atoms in total. The molecule has 1 aromatic carbocycles. The van der Waals surface area contributed by atoms with Crippen LogP contribution in [0.5, 0.6) is 0 Å². The van der Waals surface area contributed by atoms with E-state index < -0.39 is 0 Å². The van der Waals surface area contributed by atoms with E-state index in [1.807, 2.05) is 0 Å². The maximum absolute atomic E-state index is 12.6. The van der Waals surface area contributed by atoms with E-state index in [0.717, 1.165) is 0 Å². The molecule has 3 rings (SSSR count). The number of aromatic nitrogens is 1. The Bertz CT molecular complexity index is 760. The molecule has 2 aromatic rings. The number of pyridine rings is 1. The molecule has 0 aliphatic carbocycles. The molecular weight excluding hydrogens is 349 g/mol. The average molecular weight is 364 g/mol. The minimum absolute atomic E-state index is 0.0732. The fourth-order valence-corrected chi connectivity index (χ4v) is 3.01. The zero-order valence-electron chi connectivity index (χ0n) is 12.8. The van der Waals surface area contributed by atoms with Crippen LogP contribution in [0.3, 0.4) is 0 Å². The maximum Gasteiger partial charge on any atom is 0.255 e. The van der Waals surface area contributed by atoms with Gasteiger partial charge in [0.05, 0.1) is 21.2 Å². The molecule has 1 saturated heterocycles. The SMILES string of the molecule is O=C(c1cccnc1)N1CCN(C(=O)c2cccc(Cl)c2Cl)CC1. The van der Waals surface area contributed by atoms with Crippen molar-refractivity contribution < 1.29 is 9.59 Å². The second-order valence-corrected chi connectivity index (χ2v) is 6.21. The van der Waals surface area contributed by atoms with Gasteiger partial charge in [0.2, 0.25) is 0 Å². The van der Waals surface area contributed by atoms with Crippen LogP contribution in [0, 0.1) is 0 Å². The second-order valence-electron chi connectivity index (χ2n) is 5.43. The van der Waals surface area contributed by atoms with Crippen molar-refractivity contribution in [3.8, 4) is 0 Å². The van der Waals surface area contributed by atoms with Crippen LogP contribution in [0.1, 0.15) is 20.7 Å². The molecule has 24 heavy (non-hydrogen) atoms. The molecule has 0 atom stereocenters. The third-order valence-electron chi connectivity index (χ3n) is 3.94. The summed E-state index contributed by atoms with van der Waals surface area (Å²) >= 11 is 12.1. The van der Waals surface area contributed by atoms with Gasteiger partial charge in [0.1, 0.15) is 0 Å². The third-order valence-corrected chi connectivity index (χ3v) is 4.76. The van der Waals surface area contributed by atoms with E-state index in [0.29, 0.717) is 42.3 Å². The van der Waals surface area contributed by atoms with Gasteiger partial charge in [-0.3, -0.25) is 14.6 Å². The highest BCUT2D eigenvalue weighted by Crippen LogP contribution is 2.26. The van der Waals surface area contributed by atoms with Gasteiger partial charge in [-0.1, -0.05) is 29.3 Å². The van der Waals surface area contributed by atoms with E-state index in [2.05, 4.69) is 4.98 Å². The standard InChI is InChI=1S/C17H15Cl2N3O2/c18-14-5-1-4-13(15(14)19)17(24)22-9-7-21(8-10-22)16(23)12-3-2-6-20-11-12/h1-6,11H,7-10H2. The molecule has 0 bridgehead atoms. The lowest BCUT2D eigenvalue weighted by atomic mass is 10.1. The molecule has 0 spiro atoms. The lowest BCUT2D eigenvalue weighted by Crippen LogP contribution is -2.50. The fourth-order valence-electron chi connectivity index (χ4n) is 2.62. The molecule has 0 saturated carbocycles. The van der Waals surface area contributed by atoms with Crippen molar-refractivity contribution in [3.05, 3.63) is 63.9 Å². The van der Waals surface area contributed by atoms with Gasteiger partial charge >= 0.3 is 0 Å². The summed E-state index contributed by atoms with van der Waals surface area (Å²) in [6.07, 6.45) is 3.17. The second kappa shape index (κ2) is 7.20. The van der Waals surface area contributed by atoms with Crippen LogP contribution in [0.4, 0.5) is 0 Å². The molecule has 1 aliphatic heterocycles. The van der Waals surface area contributed by atoms with Gasteiger partial charge in [-0.25, -0.2) is 0 Å². The van der Waals surface area contributed by atoms with Gasteiger partial charge in [0.25, 0.3) is 11.8 Å². The van der Waals surface area contributed by atoms with Crippen LogP contribution in [0.15, 0.2) is 42.7 Å². The maximum atomic E-state index is 12.6. The van der Waals surface area contributed by atoms with Crippen molar-refractivity contribution in [3.63, 3.8) is 0 Å². The first-order chi connectivity index (χ1) is 11.6. The molecule has 7 heteroatoms. The van der Waals surface area contributed by atoms with Gasteiger partial charge in [0, 0.05) is 38.6 Å². The summed E-state index contributed by atoms with van der Waals surface area (Å²) in [6, 6.07) is 8.46. The first kappa shape index (κ1) is 16.7. The number of rotatable bonds is 2. The van der Waals surface area contributed by atoms with Gasteiger partial charge in [-0.15, -0.1) is 0 Å². The highest BCUT2D eigenvalue weighted by Gasteiger charge is 2.26. The molecule has 2 heterocycles. The van der Waals surface area contributed by atoms with E-state index in [9.17, 15) is 9.59 Å². The van der Waals surface area contributed by atoms with Crippen LogP contribution >= 0.6 is 23.2 Å². The molecule has 0 radical (unpaired) electrons. The predicted molar refractivity (Wildman–Crippen MR) is 92.5 cm³/mol. The summed E-state index contributed by atoms with van der Waals surface area (Å²) in [5.41, 5.74) is 0.936. The topological polar surface area (TPSA) is 53.5 Å². The molecule has 1 fully saturated rings. The van der Waals surface area contributed by atoms with Crippen molar-refractivity contribution in [1.29, 1.82) is 0 Å². The predicted octanol–water partition coefficient (Wildman–Crippen LogP) is 2.99. The number of carbonyl (C=O) groups excluding carboxylic acids is 2. The van der Waals surface area contributed by atoms with Crippen molar-refractivity contribution >= 4 is 35.0 Å². The Morgan fingerprint density at radius 1 is 0.917 bits per heavy atom. The molecule has 1 aromatic heterocycles. The Labute approximate surface area is 149 Å². The highest BCUT2D eigenvalue weighted by molar-refractivity contribution is 6.43. The van der Waals surface area contributed by atoms with Crippen LogP contribution in [0.25, 0.3) is 0 Å². The third kappa shape index (κ3) is 3.37. The quantitative estimate of drug-likeness (QED) is 0.823. The average Bonchev–Trinajstić information content (AvgIpc) is 2.64. The van der Waals surface area contributed by atoms with Gasteiger partial charge in [-0.05, 0) is 24.3 Å². The number of hydrogen-bond donors (Lipinski definition) is 0. The number of hydrogen-bond acceptors (Lipinski definition) is 3. The fraction of sp³-hybridized carbons (Fsp3) is 0.235. The number of benzene rings is 1. The monoisotopic (exact) mass is 363 g/mol. The summed E-state index contributed by atoms with van der Waals surface area (Å²) in [6.45, 7) is 1.84. The molecule has 2 amide bonds. The van der Waals surface area contributed by atoms with Crippen LogP contribution in [-0.4, -0.2) is 52.8 Å². The highest BCUT2D eigenvalue weighted by atomic mass is 35.5. The zero-order valence-corrected chi connectivity index (χ0v) is 14.3. The van der Waals surface area contributed by atoms with Crippen LogP contribution in [0.2, 0.25) is 10.0 Å². The van der Waals surface area contributed by atoms with Crippen molar-refractivity contribution in [2.75, 3.05) is 26.2 Å². The summed E-state index contributed by atoms with van der Waals surface area (Å²) in [5, 5.41) is 0.617. The Balaban J connectivity index is 1.66. The molecule has 124 valence electrons. The lowest BCUT2D eigenvalue weighted by Gasteiger charge is -2.35. The van der Waals surface area contributed by atoms with Gasteiger partial charge < -0.3 is 9.80 Å².